The Morgan fingerprint density at radius 3 is 2.50 bits per heavy atom. The molecule has 0 spiro atoms. The fourth-order valence-corrected chi connectivity index (χ4v) is 1.53. The summed E-state index contributed by atoms with van der Waals surface area (Å²) in [5.41, 5.74) is 9.70. The summed E-state index contributed by atoms with van der Waals surface area (Å²) in [7, 11) is 3.19. The topological polar surface area (TPSA) is 68.9 Å². The standard InChI is InChI=1S/C12H17N3O2S/c1-4-9(14-15-12(13)18)8-5-6-10(16-2)11(7-8)17-3/h5-7H,4H2,1-3H3,(H3,13,15,18)/b14-9+. The molecule has 0 saturated heterocycles. The van der Waals surface area contributed by atoms with Crippen LogP contribution in [0.5, 0.6) is 11.5 Å². The number of nitrogens with two attached hydrogens (primary N) is 1. The van der Waals surface area contributed by atoms with Gasteiger partial charge in [0.05, 0.1) is 19.9 Å². The van der Waals surface area contributed by atoms with E-state index < -0.39 is 0 Å². The summed E-state index contributed by atoms with van der Waals surface area (Å²) < 4.78 is 10.4. The molecule has 98 valence electrons. The molecule has 0 unspecified atom stereocenters. The first-order valence-electron chi connectivity index (χ1n) is 5.46. The zero-order chi connectivity index (χ0) is 13.5. The first kappa shape index (κ1) is 14.2. The molecule has 0 atom stereocenters. The summed E-state index contributed by atoms with van der Waals surface area (Å²) in [6.45, 7) is 2.00. The Morgan fingerprint density at radius 2 is 2.00 bits per heavy atom. The molecule has 0 aromatic heterocycles. The lowest BCUT2D eigenvalue weighted by Crippen LogP contribution is -2.25. The van der Waals surface area contributed by atoms with Crippen molar-refractivity contribution >= 4 is 23.0 Å². The highest BCUT2D eigenvalue weighted by atomic mass is 32.1. The SMILES string of the molecule is CC/C(=N\NC(N)=S)c1ccc(OC)c(OC)c1. The van der Waals surface area contributed by atoms with Crippen molar-refractivity contribution in [1.82, 2.24) is 5.43 Å². The van der Waals surface area contributed by atoms with Gasteiger partial charge in [0.1, 0.15) is 0 Å². The number of nitrogens with one attached hydrogen (secondary N) is 1. The minimum atomic E-state index is 0.140. The van der Waals surface area contributed by atoms with Crippen molar-refractivity contribution in [1.29, 1.82) is 0 Å². The fraction of sp³-hybridized carbons (Fsp3) is 0.333. The molecule has 0 bridgehead atoms. The van der Waals surface area contributed by atoms with Crippen LogP contribution < -0.4 is 20.6 Å². The largest absolute Gasteiger partial charge is 0.493 e. The summed E-state index contributed by atoms with van der Waals surface area (Å²) in [6.07, 6.45) is 0.741. The molecule has 0 radical (unpaired) electrons. The van der Waals surface area contributed by atoms with Gasteiger partial charge in [0.2, 0.25) is 0 Å². The molecule has 1 rings (SSSR count). The third kappa shape index (κ3) is 3.59. The molecular formula is C12H17N3O2S. The predicted molar refractivity (Wildman–Crippen MR) is 76.3 cm³/mol. The Hall–Kier alpha value is -1.82. The first-order valence-corrected chi connectivity index (χ1v) is 5.87. The molecule has 0 heterocycles. The highest BCUT2D eigenvalue weighted by Gasteiger charge is 2.08. The van der Waals surface area contributed by atoms with Crippen LogP contribution in [0.1, 0.15) is 18.9 Å². The number of hydrazone groups is 1. The summed E-state index contributed by atoms with van der Waals surface area (Å²) in [4.78, 5) is 0. The van der Waals surface area contributed by atoms with Crippen molar-refractivity contribution in [3.8, 4) is 11.5 Å². The van der Waals surface area contributed by atoms with Gasteiger partial charge >= 0.3 is 0 Å². The number of thiocarbonyl (C=S) groups is 1. The van der Waals surface area contributed by atoms with Gasteiger partial charge in [-0.3, -0.25) is 5.43 Å². The van der Waals surface area contributed by atoms with Crippen molar-refractivity contribution in [3.63, 3.8) is 0 Å². The van der Waals surface area contributed by atoms with E-state index in [9.17, 15) is 0 Å². The zero-order valence-electron chi connectivity index (χ0n) is 10.7. The van der Waals surface area contributed by atoms with Crippen LogP contribution in [0.2, 0.25) is 0 Å². The van der Waals surface area contributed by atoms with Crippen LogP contribution in [0.4, 0.5) is 0 Å². The molecule has 3 N–H and O–H groups in total. The van der Waals surface area contributed by atoms with Crippen molar-refractivity contribution in [2.45, 2.75) is 13.3 Å². The van der Waals surface area contributed by atoms with E-state index in [2.05, 4.69) is 10.5 Å². The lowest BCUT2D eigenvalue weighted by Gasteiger charge is -2.10. The summed E-state index contributed by atoms with van der Waals surface area (Å²) in [6, 6.07) is 5.60. The molecule has 0 aliphatic carbocycles. The van der Waals surface area contributed by atoms with Gasteiger partial charge in [-0.1, -0.05) is 6.92 Å². The summed E-state index contributed by atoms with van der Waals surface area (Å²) in [5.74, 6) is 1.34. The van der Waals surface area contributed by atoms with Gasteiger partial charge in [0.25, 0.3) is 0 Å². The van der Waals surface area contributed by atoms with E-state index in [0.29, 0.717) is 11.5 Å². The van der Waals surface area contributed by atoms with Crippen LogP contribution in [-0.4, -0.2) is 25.0 Å². The molecule has 6 heteroatoms. The van der Waals surface area contributed by atoms with Gasteiger partial charge in [-0.2, -0.15) is 5.10 Å². The van der Waals surface area contributed by atoms with Crippen molar-refractivity contribution in [3.05, 3.63) is 23.8 Å². The van der Waals surface area contributed by atoms with Gasteiger partial charge in [-0.25, -0.2) is 0 Å². The second-order valence-electron chi connectivity index (χ2n) is 3.46. The van der Waals surface area contributed by atoms with Gasteiger partial charge < -0.3 is 15.2 Å². The molecule has 0 saturated carbocycles. The Morgan fingerprint density at radius 1 is 1.33 bits per heavy atom. The molecule has 5 nitrogen and oxygen atoms in total. The Kier molecular flexibility index (Phi) is 5.38. The molecule has 1 aromatic carbocycles. The van der Waals surface area contributed by atoms with Crippen LogP contribution in [0.3, 0.4) is 0 Å². The Balaban J connectivity index is 3.07. The number of benzene rings is 1. The smallest absolute Gasteiger partial charge is 0.184 e. The minimum Gasteiger partial charge on any atom is -0.493 e. The van der Waals surface area contributed by atoms with Crippen LogP contribution in [0.25, 0.3) is 0 Å². The van der Waals surface area contributed by atoms with Gasteiger partial charge in [0, 0.05) is 5.56 Å². The van der Waals surface area contributed by atoms with Crippen molar-refractivity contribution in [2.75, 3.05) is 14.2 Å². The number of hydrogen-bond acceptors (Lipinski definition) is 4. The average molecular weight is 267 g/mol. The van der Waals surface area contributed by atoms with Crippen LogP contribution in [-0.2, 0) is 0 Å². The average Bonchev–Trinajstić information content (AvgIpc) is 2.38. The third-order valence-corrected chi connectivity index (χ3v) is 2.44. The van der Waals surface area contributed by atoms with E-state index in [4.69, 9.17) is 27.4 Å². The fourth-order valence-electron chi connectivity index (χ4n) is 1.49. The second-order valence-corrected chi connectivity index (χ2v) is 3.90. The number of methoxy groups -OCH3 is 2. The molecule has 0 fully saturated rings. The monoisotopic (exact) mass is 267 g/mol. The maximum atomic E-state index is 5.34. The highest BCUT2D eigenvalue weighted by molar-refractivity contribution is 7.80. The van der Waals surface area contributed by atoms with Crippen molar-refractivity contribution in [2.24, 2.45) is 10.8 Å². The Labute approximate surface area is 112 Å². The molecule has 18 heavy (non-hydrogen) atoms. The molecular weight excluding hydrogens is 250 g/mol. The van der Waals surface area contributed by atoms with Crippen LogP contribution >= 0.6 is 12.2 Å². The summed E-state index contributed by atoms with van der Waals surface area (Å²) >= 11 is 4.71. The zero-order valence-corrected chi connectivity index (χ0v) is 11.5. The predicted octanol–water partition coefficient (Wildman–Crippen LogP) is 1.65. The van der Waals surface area contributed by atoms with Gasteiger partial charge in [-0.05, 0) is 36.8 Å². The van der Waals surface area contributed by atoms with Crippen LogP contribution in [0, 0.1) is 0 Å². The summed E-state index contributed by atoms with van der Waals surface area (Å²) in [5, 5.41) is 4.29. The second kappa shape index (κ2) is 6.80. The lowest BCUT2D eigenvalue weighted by molar-refractivity contribution is 0.355. The maximum Gasteiger partial charge on any atom is 0.184 e. The van der Waals surface area contributed by atoms with E-state index in [1.165, 1.54) is 0 Å². The molecule has 0 amide bonds. The van der Waals surface area contributed by atoms with Crippen LogP contribution in [0.15, 0.2) is 23.3 Å². The van der Waals surface area contributed by atoms with Crippen molar-refractivity contribution < 1.29 is 9.47 Å². The molecule has 1 aromatic rings. The van der Waals surface area contributed by atoms with Gasteiger partial charge in [0.15, 0.2) is 16.6 Å². The quantitative estimate of drug-likeness (QED) is 0.482. The van der Waals surface area contributed by atoms with E-state index in [0.717, 1.165) is 17.7 Å². The Bertz CT molecular complexity index is 461. The number of nitrogens with zero attached hydrogens (tertiary/aromatic N) is 1. The maximum absolute atomic E-state index is 5.34. The van der Waals surface area contributed by atoms with E-state index in [1.54, 1.807) is 14.2 Å². The normalized spacial score (nSPS) is 10.9. The highest BCUT2D eigenvalue weighted by Crippen LogP contribution is 2.28. The lowest BCUT2D eigenvalue weighted by atomic mass is 10.1. The molecule has 0 aliphatic rings. The number of hydrogen-bond donors (Lipinski definition) is 2. The van der Waals surface area contributed by atoms with E-state index in [-0.39, 0.29) is 5.11 Å². The third-order valence-electron chi connectivity index (χ3n) is 2.35. The minimum absolute atomic E-state index is 0.140. The van der Waals surface area contributed by atoms with E-state index >= 15 is 0 Å². The molecule has 0 aliphatic heterocycles. The first-order chi connectivity index (χ1) is 8.62. The van der Waals surface area contributed by atoms with Gasteiger partial charge in [-0.15, -0.1) is 0 Å². The number of ether oxygens (including phenoxy) is 2. The van der Waals surface area contributed by atoms with E-state index in [1.807, 2.05) is 25.1 Å². The number of rotatable bonds is 5.